The van der Waals surface area contributed by atoms with E-state index in [0.717, 1.165) is 0 Å². The van der Waals surface area contributed by atoms with Gasteiger partial charge in [-0.1, -0.05) is 0 Å². The highest BCUT2D eigenvalue weighted by molar-refractivity contribution is 4.64. The van der Waals surface area contributed by atoms with Crippen LogP contribution in [0.4, 0.5) is 8.78 Å². The Morgan fingerprint density at radius 3 is 1.70 bits per heavy atom. The third-order valence-corrected chi connectivity index (χ3v) is 0.864. The molecule has 0 aliphatic carbocycles. The Kier molecular flexibility index (Phi) is 3.79. The van der Waals surface area contributed by atoms with Crippen LogP contribution in [-0.4, -0.2) is 25.1 Å². The maximum atomic E-state index is 11.8. The van der Waals surface area contributed by atoms with Crippen molar-refractivity contribution in [3.05, 3.63) is 0 Å². The molecule has 0 aromatic carbocycles. The predicted molar refractivity (Wildman–Crippen MR) is 36.6 cm³/mol. The molecule has 0 saturated carbocycles. The van der Waals surface area contributed by atoms with Gasteiger partial charge < -0.3 is 4.74 Å². The van der Waals surface area contributed by atoms with Crippen LogP contribution in [0.1, 0.15) is 20.8 Å². The third kappa shape index (κ3) is 4.68. The number of hydrogen-bond acceptors (Lipinski definition) is 1. The van der Waals surface area contributed by atoms with Gasteiger partial charge in [-0.2, -0.15) is 0 Å². The van der Waals surface area contributed by atoms with E-state index in [1.807, 2.05) is 0 Å². The van der Waals surface area contributed by atoms with Crippen molar-refractivity contribution in [2.24, 2.45) is 0 Å². The Morgan fingerprint density at radius 2 is 1.60 bits per heavy atom. The van der Waals surface area contributed by atoms with Crippen LogP contribution in [0.15, 0.2) is 0 Å². The number of alkyl halides is 2. The van der Waals surface area contributed by atoms with E-state index in [0.29, 0.717) is 0 Å². The molecule has 0 heterocycles. The highest BCUT2D eigenvalue weighted by atomic mass is 19.1. The number of ether oxygens (including phenoxy) is 1. The minimum Gasteiger partial charge on any atom is -0.367 e. The summed E-state index contributed by atoms with van der Waals surface area (Å²) in [6, 6.07) is 0. The Balaban J connectivity index is 3.63. The minimum atomic E-state index is -0.889. The van der Waals surface area contributed by atoms with Crippen molar-refractivity contribution < 1.29 is 13.5 Å². The maximum Gasteiger partial charge on any atom is 0.118 e. The molecule has 1 nitrogen and oxygen atoms in total. The van der Waals surface area contributed by atoms with Gasteiger partial charge in [-0.05, 0) is 20.8 Å². The Labute approximate surface area is 60.4 Å². The number of rotatable bonds is 3. The summed E-state index contributed by atoms with van der Waals surface area (Å²) in [5.74, 6) is 0. The number of halogens is 2. The molecule has 10 heavy (non-hydrogen) atoms. The van der Waals surface area contributed by atoms with Gasteiger partial charge in [0.05, 0.1) is 5.60 Å². The van der Waals surface area contributed by atoms with Crippen molar-refractivity contribution in [3.8, 4) is 0 Å². The van der Waals surface area contributed by atoms with E-state index < -0.39 is 25.1 Å². The van der Waals surface area contributed by atoms with Crippen molar-refractivity contribution in [2.45, 2.75) is 32.5 Å². The second-order valence-corrected chi connectivity index (χ2v) is 3.16. The average molecular weight is 152 g/mol. The molecule has 0 spiro atoms. The summed E-state index contributed by atoms with van der Waals surface area (Å²) in [6.07, 6.45) is -0.889. The van der Waals surface area contributed by atoms with Crippen LogP contribution in [0.5, 0.6) is 0 Å². The van der Waals surface area contributed by atoms with Crippen LogP contribution in [0.3, 0.4) is 0 Å². The molecule has 0 aliphatic rings. The van der Waals surface area contributed by atoms with Gasteiger partial charge in [0, 0.05) is 0 Å². The molecule has 0 radical (unpaired) electrons. The van der Waals surface area contributed by atoms with Gasteiger partial charge in [0.15, 0.2) is 0 Å². The van der Waals surface area contributed by atoms with E-state index in [1.165, 1.54) is 0 Å². The summed E-state index contributed by atoms with van der Waals surface area (Å²) in [5, 5.41) is 0. The predicted octanol–water partition coefficient (Wildman–Crippen LogP) is 2.11. The van der Waals surface area contributed by atoms with Crippen LogP contribution < -0.4 is 0 Å². The normalized spacial score (nSPS) is 12.6. The first kappa shape index (κ1) is 9.82. The molecule has 0 aliphatic heterocycles. The van der Waals surface area contributed by atoms with Gasteiger partial charge in [0.25, 0.3) is 0 Å². The zero-order valence-corrected chi connectivity index (χ0v) is 6.66. The molecule has 0 rings (SSSR count). The van der Waals surface area contributed by atoms with Crippen LogP contribution in [0, 0.1) is 0 Å². The lowest BCUT2D eigenvalue weighted by Gasteiger charge is -2.23. The quantitative estimate of drug-likeness (QED) is 0.601. The second-order valence-electron chi connectivity index (χ2n) is 3.16. The van der Waals surface area contributed by atoms with Crippen LogP contribution in [-0.2, 0) is 4.74 Å². The summed E-state index contributed by atoms with van der Waals surface area (Å²) >= 11 is 0. The SMILES string of the molecule is CC(C)(C)OC(CF)CF. The molecule has 0 atom stereocenters. The Bertz CT molecular complexity index is 84.1. The molecule has 0 amide bonds. The van der Waals surface area contributed by atoms with Gasteiger partial charge in [-0.25, -0.2) is 8.78 Å². The summed E-state index contributed by atoms with van der Waals surface area (Å²) in [7, 11) is 0. The second kappa shape index (κ2) is 3.86. The summed E-state index contributed by atoms with van der Waals surface area (Å²) in [4.78, 5) is 0. The van der Waals surface area contributed by atoms with Gasteiger partial charge in [0.2, 0.25) is 0 Å². The van der Waals surface area contributed by atoms with Gasteiger partial charge in [-0.15, -0.1) is 0 Å². The highest BCUT2D eigenvalue weighted by Gasteiger charge is 2.17. The lowest BCUT2D eigenvalue weighted by atomic mass is 10.2. The lowest BCUT2D eigenvalue weighted by Crippen LogP contribution is -2.30. The third-order valence-electron chi connectivity index (χ3n) is 0.864. The molecule has 0 unspecified atom stereocenters. The monoisotopic (exact) mass is 152 g/mol. The van der Waals surface area contributed by atoms with Crippen molar-refractivity contribution in [2.75, 3.05) is 13.3 Å². The van der Waals surface area contributed by atoms with Crippen molar-refractivity contribution >= 4 is 0 Å². The van der Waals surface area contributed by atoms with Gasteiger partial charge in [0.1, 0.15) is 19.5 Å². The largest absolute Gasteiger partial charge is 0.367 e. The summed E-state index contributed by atoms with van der Waals surface area (Å²) in [6.45, 7) is 3.80. The topological polar surface area (TPSA) is 9.23 Å². The zero-order chi connectivity index (χ0) is 8.20. The Morgan fingerprint density at radius 1 is 1.20 bits per heavy atom. The first-order valence-electron chi connectivity index (χ1n) is 3.29. The standard InChI is InChI=1S/C7H14F2O/c1-7(2,3)10-6(4-8)5-9/h6H,4-5H2,1-3H3. The first-order valence-corrected chi connectivity index (χ1v) is 3.29. The average Bonchev–Trinajstić information content (AvgIpc) is 1.81. The zero-order valence-electron chi connectivity index (χ0n) is 6.66. The summed E-state index contributed by atoms with van der Waals surface area (Å²) < 4.78 is 28.6. The minimum absolute atomic E-state index is 0.456. The van der Waals surface area contributed by atoms with E-state index >= 15 is 0 Å². The van der Waals surface area contributed by atoms with E-state index in [9.17, 15) is 8.78 Å². The molecular weight excluding hydrogens is 138 g/mol. The smallest absolute Gasteiger partial charge is 0.118 e. The molecule has 0 saturated heterocycles. The van der Waals surface area contributed by atoms with E-state index in [2.05, 4.69) is 0 Å². The van der Waals surface area contributed by atoms with E-state index in [4.69, 9.17) is 4.74 Å². The van der Waals surface area contributed by atoms with Gasteiger partial charge >= 0.3 is 0 Å². The molecule has 3 heteroatoms. The van der Waals surface area contributed by atoms with Crippen LogP contribution >= 0.6 is 0 Å². The fourth-order valence-corrected chi connectivity index (χ4v) is 0.604. The molecule has 0 aromatic heterocycles. The molecular formula is C7H14F2O. The van der Waals surface area contributed by atoms with E-state index in [-0.39, 0.29) is 0 Å². The molecule has 0 N–H and O–H groups in total. The summed E-state index contributed by atoms with van der Waals surface area (Å²) in [5.41, 5.74) is -0.456. The van der Waals surface area contributed by atoms with Crippen LogP contribution in [0.25, 0.3) is 0 Å². The Hall–Kier alpha value is -0.180. The fourth-order valence-electron chi connectivity index (χ4n) is 0.604. The molecule has 0 fully saturated rings. The molecule has 0 aromatic rings. The first-order chi connectivity index (χ1) is 4.49. The molecule has 62 valence electrons. The lowest BCUT2D eigenvalue weighted by molar-refractivity contribution is -0.0764. The molecule has 0 bridgehead atoms. The van der Waals surface area contributed by atoms with Crippen LogP contribution in [0.2, 0.25) is 0 Å². The van der Waals surface area contributed by atoms with Crippen molar-refractivity contribution in [1.82, 2.24) is 0 Å². The maximum absolute atomic E-state index is 11.8. The van der Waals surface area contributed by atoms with Crippen molar-refractivity contribution in [1.29, 1.82) is 0 Å². The van der Waals surface area contributed by atoms with Crippen molar-refractivity contribution in [3.63, 3.8) is 0 Å². The fraction of sp³-hybridized carbons (Fsp3) is 1.00. The highest BCUT2D eigenvalue weighted by Crippen LogP contribution is 2.11. The number of hydrogen-bond donors (Lipinski definition) is 0. The van der Waals surface area contributed by atoms with E-state index in [1.54, 1.807) is 20.8 Å². The van der Waals surface area contributed by atoms with Gasteiger partial charge in [-0.3, -0.25) is 0 Å².